The van der Waals surface area contributed by atoms with E-state index in [1.54, 1.807) is 0 Å². The van der Waals surface area contributed by atoms with E-state index >= 15 is 0 Å². The maximum Gasteiger partial charge on any atom is 0.344 e. The third-order valence-electron chi connectivity index (χ3n) is 3.07. The van der Waals surface area contributed by atoms with Gasteiger partial charge < -0.3 is 13.9 Å². The van der Waals surface area contributed by atoms with Gasteiger partial charge in [0.1, 0.15) is 0 Å². The maximum absolute atomic E-state index is 5.70. The van der Waals surface area contributed by atoms with E-state index in [1.165, 1.54) is 0 Å². The van der Waals surface area contributed by atoms with Crippen LogP contribution < -0.4 is 4.57 Å². The first-order chi connectivity index (χ1) is 8.34. The molecule has 0 bridgehead atoms. The second-order valence-electron chi connectivity index (χ2n) is 4.20. The Morgan fingerprint density at radius 2 is 2.00 bits per heavy atom. The van der Waals surface area contributed by atoms with Gasteiger partial charge in [0.25, 0.3) is 5.52 Å². The van der Waals surface area contributed by atoms with Crippen LogP contribution in [0.1, 0.15) is 12.3 Å². The lowest BCUT2D eigenvalue weighted by Crippen LogP contribution is -2.37. The van der Waals surface area contributed by atoms with Crippen molar-refractivity contribution in [3.63, 3.8) is 0 Å². The molecule has 17 heavy (non-hydrogen) atoms. The summed E-state index contributed by atoms with van der Waals surface area (Å²) < 4.78 is 18.7. The molecule has 1 aliphatic rings. The normalized spacial score (nSPS) is 17.0. The Morgan fingerprint density at radius 3 is 2.82 bits per heavy atom. The quantitative estimate of drug-likeness (QED) is 0.759. The summed E-state index contributed by atoms with van der Waals surface area (Å²) in [7, 11) is 0. The number of rotatable bonds is 3. The van der Waals surface area contributed by atoms with E-state index in [9.17, 15) is 0 Å². The summed E-state index contributed by atoms with van der Waals surface area (Å²) in [6.45, 7) is 4.25. The van der Waals surface area contributed by atoms with Crippen molar-refractivity contribution in [1.29, 1.82) is 0 Å². The Bertz CT molecular complexity index is 514. The van der Waals surface area contributed by atoms with Crippen LogP contribution in [0.2, 0.25) is 0 Å². The molecule has 0 spiro atoms. The van der Waals surface area contributed by atoms with Crippen molar-refractivity contribution in [2.24, 2.45) is 0 Å². The second kappa shape index (κ2) is 4.47. The first-order valence-electron chi connectivity index (χ1n) is 5.96. The summed E-state index contributed by atoms with van der Waals surface area (Å²) in [6.07, 6.45) is 0.797. The van der Waals surface area contributed by atoms with Gasteiger partial charge in [-0.05, 0) is 6.07 Å². The number of benzene rings is 1. The molecule has 2 aromatic rings. The van der Waals surface area contributed by atoms with Gasteiger partial charge in [-0.1, -0.05) is 12.1 Å². The number of fused-ring (bicyclic) bond motifs is 1. The zero-order chi connectivity index (χ0) is 11.7. The van der Waals surface area contributed by atoms with Crippen molar-refractivity contribution in [3.8, 4) is 0 Å². The molecule has 1 aromatic carbocycles. The van der Waals surface area contributed by atoms with E-state index in [-0.39, 0.29) is 6.29 Å². The van der Waals surface area contributed by atoms with Crippen molar-refractivity contribution in [2.75, 3.05) is 13.2 Å². The molecule has 2 heterocycles. The van der Waals surface area contributed by atoms with Gasteiger partial charge in [-0.15, -0.1) is 0 Å². The largest absolute Gasteiger partial charge is 0.402 e. The van der Waals surface area contributed by atoms with Gasteiger partial charge in [0.2, 0.25) is 5.58 Å². The molecule has 1 aliphatic heterocycles. The Balaban J connectivity index is 1.81. The Morgan fingerprint density at radius 1 is 1.24 bits per heavy atom. The fraction of sp³-hybridized carbons (Fsp3) is 0.462. The van der Waals surface area contributed by atoms with Gasteiger partial charge in [0, 0.05) is 6.07 Å². The lowest BCUT2D eigenvalue weighted by Gasteiger charge is -2.05. The highest BCUT2D eigenvalue weighted by Crippen LogP contribution is 2.14. The van der Waals surface area contributed by atoms with Crippen LogP contribution in [-0.4, -0.2) is 19.5 Å². The molecule has 1 fully saturated rings. The van der Waals surface area contributed by atoms with Crippen LogP contribution in [0, 0.1) is 6.92 Å². The van der Waals surface area contributed by atoms with Gasteiger partial charge in [-0.2, -0.15) is 4.57 Å². The lowest BCUT2D eigenvalue weighted by atomic mass is 10.3. The molecule has 4 heteroatoms. The topological polar surface area (TPSA) is 35.5 Å². The number of aryl methyl sites for hydroxylation is 2. The molecule has 90 valence electrons. The van der Waals surface area contributed by atoms with Crippen LogP contribution >= 0.6 is 0 Å². The standard InChI is InChI=1S/C13H16NO3/c1-10-14(7-6-13-15-8-9-16-13)11-4-2-3-5-12(11)17-10/h2-5,13H,6-9H2,1H3/q+1. The minimum atomic E-state index is -0.0597. The predicted octanol–water partition coefficient (Wildman–Crippen LogP) is 1.79. The lowest BCUT2D eigenvalue weighted by molar-refractivity contribution is -0.684. The van der Waals surface area contributed by atoms with Gasteiger partial charge in [0.05, 0.1) is 26.6 Å². The molecule has 1 aromatic heterocycles. The van der Waals surface area contributed by atoms with Crippen LogP contribution in [0.25, 0.3) is 11.1 Å². The number of hydrogen-bond donors (Lipinski definition) is 0. The Kier molecular flexibility index (Phi) is 2.82. The van der Waals surface area contributed by atoms with E-state index in [0.29, 0.717) is 13.2 Å². The van der Waals surface area contributed by atoms with Crippen molar-refractivity contribution < 1.29 is 18.5 Å². The Labute approximate surface area is 99.7 Å². The third kappa shape index (κ3) is 2.06. The summed E-state index contributed by atoms with van der Waals surface area (Å²) in [6, 6.07) is 8.07. The molecule has 1 saturated heterocycles. The van der Waals surface area contributed by atoms with E-state index in [0.717, 1.165) is 30.0 Å². The number of para-hydroxylation sites is 2. The predicted molar refractivity (Wildman–Crippen MR) is 61.5 cm³/mol. The highest BCUT2D eigenvalue weighted by Gasteiger charge is 2.22. The molecule has 4 nitrogen and oxygen atoms in total. The average molecular weight is 234 g/mol. The molecule has 0 radical (unpaired) electrons. The molecule has 0 unspecified atom stereocenters. The van der Waals surface area contributed by atoms with E-state index in [1.807, 2.05) is 25.1 Å². The zero-order valence-corrected chi connectivity index (χ0v) is 9.89. The minimum Gasteiger partial charge on any atom is -0.402 e. The Hall–Kier alpha value is -1.39. The van der Waals surface area contributed by atoms with Crippen molar-refractivity contribution in [2.45, 2.75) is 26.2 Å². The molecule has 0 atom stereocenters. The van der Waals surface area contributed by atoms with Crippen LogP contribution in [0.15, 0.2) is 28.7 Å². The maximum atomic E-state index is 5.70. The molecule has 0 amide bonds. The van der Waals surface area contributed by atoms with Crippen LogP contribution in [0.5, 0.6) is 0 Å². The number of hydrogen-bond acceptors (Lipinski definition) is 3. The summed E-state index contributed by atoms with van der Waals surface area (Å²) in [5, 5.41) is 0. The highest BCUT2D eigenvalue weighted by atomic mass is 16.7. The van der Waals surface area contributed by atoms with Gasteiger partial charge >= 0.3 is 5.89 Å². The number of aromatic nitrogens is 1. The molecular weight excluding hydrogens is 218 g/mol. The fourth-order valence-electron chi connectivity index (χ4n) is 2.24. The monoisotopic (exact) mass is 234 g/mol. The number of oxazole rings is 1. The van der Waals surface area contributed by atoms with E-state index in [2.05, 4.69) is 10.6 Å². The molecule has 0 aliphatic carbocycles. The zero-order valence-electron chi connectivity index (χ0n) is 9.89. The summed E-state index contributed by atoms with van der Waals surface area (Å²) >= 11 is 0. The van der Waals surface area contributed by atoms with Gasteiger partial charge in [0.15, 0.2) is 12.8 Å². The summed E-state index contributed by atoms with van der Waals surface area (Å²) in [4.78, 5) is 0. The second-order valence-corrected chi connectivity index (χ2v) is 4.20. The first kappa shape index (κ1) is 10.7. The van der Waals surface area contributed by atoms with Crippen LogP contribution in [0.4, 0.5) is 0 Å². The number of nitrogens with zero attached hydrogens (tertiary/aromatic N) is 1. The van der Waals surface area contributed by atoms with Gasteiger partial charge in [-0.3, -0.25) is 0 Å². The molecule has 0 N–H and O–H groups in total. The molecular formula is C13H16NO3+. The fourth-order valence-corrected chi connectivity index (χ4v) is 2.24. The SMILES string of the molecule is Cc1oc2ccccc2[n+]1CCC1OCCO1. The van der Waals surface area contributed by atoms with Crippen LogP contribution in [-0.2, 0) is 16.0 Å². The van der Waals surface area contributed by atoms with Crippen LogP contribution in [0.3, 0.4) is 0 Å². The molecule has 0 saturated carbocycles. The first-order valence-corrected chi connectivity index (χ1v) is 5.96. The summed E-state index contributed by atoms with van der Waals surface area (Å²) in [5.41, 5.74) is 2.06. The number of ether oxygens (including phenoxy) is 2. The third-order valence-corrected chi connectivity index (χ3v) is 3.07. The van der Waals surface area contributed by atoms with Crippen molar-refractivity contribution >= 4 is 11.1 Å². The smallest absolute Gasteiger partial charge is 0.344 e. The van der Waals surface area contributed by atoms with E-state index < -0.39 is 0 Å². The highest BCUT2D eigenvalue weighted by molar-refractivity contribution is 5.68. The average Bonchev–Trinajstić information content (AvgIpc) is 2.93. The van der Waals surface area contributed by atoms with Crippen molar-refractivity contribution in [1.82, 2.24) is 0 Å². The van der Waals surface area contributed by atoms with E-state index in [4.69, 9.17) is 13.9 Å². The minimum absolute atomic E-state index is 0.0597. The summed E-state index contributed by atoms with van der Waals surface area (Å²) in [5.74, 6) is 0.921. The van der Waals surface area contributed by atoms with Crippen molar-refractivity contribution in [3.05, 3.63) is 30.2 Å². The van der Waals surface area contributed by atoms with Gasteiger partial charge in [-0.25, -0.2) is 0 Å². The molecule has 3 rings (SSSR count).